The normalized spacial score (nSPS) is 21.9. The van der Waals surface area contributed by atoms with Gasteiger partial charge in [0, 0.05) is 0 Å². The molecule has 2 aliphatic rings. The summed E-state index contributed by atoms with van der Waals surface area (Å²) in [4.78, 5) is 0. The standard InChI is InChI=1S/C8F6/c9-3-1-2(5(11)7(3)13)6(12)8(14)4(1)10. The van der Waals surface area contributed by atoms with Gasteiger partial charge in [-0.3, -0.25) is 0 Å². The van der Waals surface area contributed by atoms with Gasteiger partial charge in [-0.1, -0.05) is 0 Å². The zero-order valence-corrected chi connectivity index (χ0v) is 6.27. The molecule has 0 atom stereocenters. The van der Waals surface area contributed by atoms with Crippen molar-refractivity contribution in [2.45, 2.75) is 0 Å². The molecule has 0 bridgehead atoms. The zero-order chi connectivity index (χ0) is 10.6. The molecule has 0 radical (unpaired) electrons. The smallest absolute Gasteiger partial charge is 0.195 e. The second-order valence-corrected chi connectivity index (χ2v) is 2.63. The quantitative estimate of drug-likeness (QED) is 0.534. The minimum atomic E-state index is -2.01. The highest BCUT2D eigenvalue weighted by molar-refractivity contribution is 5.71. The molecule has 2 rings (SSSR count). The fourth-order valence-electron chi connectivity index (χ4n) is 1.26. The number of rotatable bonds is 0. The summed E-state index contributed by atoms with van der Waals surface area (Å²) in [6, 6.07) is 0. The predicted octanol–water partition coefficient (Wildman–Crippen LogP) is 3.76. The van der Waals surface area contributed by atoms with E-state index < -0.39 is 46.1 Å². The van der Waals surface area contributed by atoms with Gasteiger partial charge in [-0.15, -0.1) is 0 Å². The van der Waals surface area contributed by atoms with Crippen molar-refractivity contribution >= 4 is 0 Å². The second kappa shape index (κ2) is 2.52. The molecule has 0 spiro atoms. The third kappa shape index (κ3) is 0.804. The molecule has 74 valence electrons. The Bertz CT molecular complexity index is 418. The fourth-order valence-corrected chi connectivity index (χ4v) is 1.26. The van der Waals surface area contributed by atoms with Gasteiger partial charge in [0.25, 0.3) is 0 Å². The number of hydrogen-bond donors (Lipinski definition) is 0. The van der Waals surface area contributed by atoms with Crippen molar-refractivity contribution in [2.75, 3.05) is 0 Å². The lowest BCUT2D eigenvalue weighted by atomic mass is 10.2. The summed E-state index contributed by atoms with van der Waals surface area (Å²) in [6.07, 6.45) is 0. The van der Waals surface area contributed by atoms with Crippen LogP contribution >= 0.6 is 0 Å². The SMILES string of the molecule is FC1=C(F)C2=C(F)C(F)=C(F)C2=C1F. The van der Waals surface area contributed by atoms with Gasteiger partial charge in [0.1, 0.15) is 0 Å². The molecule has 6 heteroatoms. The third-order valence-corrected chi connectivity index (χ3v) is 1.90. The van der Waals surface area contributed by atoms with E-state index in [2.05, 4.69) is 0 Å². The molecule has 0 saturated heterocycles. The lowest BCUT2D eigenvalue weighted by Gasteiger charge is -1.92. The Morgan fingerprint density at radius 2 is 0.643 bits per heavy atom. The van der Waals surface area contributed by atoms with Crippen LogP contribution in [0, 0.1) is 0 Å². The van der Waals surface area contributed by atoms with E-state index in [1.807, 2.05) is 0 Å². The first kappa shape index (κ1) is 9.11. The summed E-state index contributed by atoms with van der Waals surface area (Å²) in [7, 11) is 0. The molecule has 0 fully saturated rings. The number of halogens is 6. The maximum Gasteiger partial charge on any atom is 0.195 e. The van der Waals surface area contributed by atoms with Crippen LogP contribution < -0.4 is 0 Å². The van der Waals surface area contributed by atoms with E-state index in [9.17, 15) is 26.3 Å². The fraction of sp³-hybridized carbons (Fsp3) is 0. The Hall–Kier alpha value is -1.46. The number of allylic oxidation sites excluding steroid dienone is 8. The molecule has 14 heavy (non-hydrogen) atoms. The van der Waals surface area contributed by atoms with Crippen molar-refractivity contribution in [1.82, 2.24) is 0 Å². The lowest BCUT2D eigenvalue weighted by Crippen LogP contribution is -1.82. The zero-order valence-electron chi connectivity index (χ0n) is 6.27. The number of hydrogen-bond acceptors (Lipinski definition) is 0. The van der Waals surface area contributed by atoms with Crippen LogP contribution in [0.15, 0.2) is 46.1 Å². The second-order valence-electron chi connectivity index (χ2n) is 2.63. The maximum absolute atomic E-state index is 12.7. The van der Waals surface area contributed by atoms with Crippen LogP contribution in [0.1, 0.15) is 0 Å². The largest absolute Gasteiger partial charge is 0.203 e. The highest BCUT2D eigenvalue weighted by Gasteiger charge is 2.43. The Balaban J connectivity index is 2.76. The van der Waals surface area contributed by atoms with Crippen LogP contribution in [0.5, 0.6) is 0 Å². The van der Waals surface area contributed by atoms with Crippen LogP contribution in [0.2, 0.25) is 0 Å². The molecular weight excluding hydrogens is 210 g/mol. The molecule has 0 amide bonds. The van der Waals surface area contributed by atoms with Crippen LogP contribution in [0.3, 0.4) is 0 Å². The average molecular weight is 210 g/mol. The van der Waals surface area contributed by atoms with Gasteiger partial charge in [-0.05, 0) is 0 Å². The minimum Gasteiger partial charge on any atom is -0.203 e. The topological polar surface area (TPSA) is 0 Å². The van der Waals surface area contributed by atoms with Crippen molar-refractivity contribution in [3.8, 4) is 0 Å². The summed E-state index contributed by atoms with van der Waals surface area (Å²) in [6.45, 7) is 0. The first-order valence-corrected chi connectivity index (χ1v) is 3.38. The molecule has 0 aliphatic heterocycles. The first-order chi connectivity index (χ1) is 6.46. The minimum absolute atomic E-state index is 1.32. The highest BCUT2D eigenvalue weighted by Crippen LogP contribution is 2.51. The van der Waals surface area contributed by atoms with E-state index in [1.54, 1.807) is 0 Å². The van der Waals surface area contributed by atoms with Crippen molar-refractivity contribution in [3.05, 3.63) is 46.1 Å². The van der Waals surface area contributed by atoms with E-state index in [4.69, 9.17) is 0 Å². The highest BCUT2D eigenvalue weighted by atomic mass is 19.2. The van der Waals surface area contributed by atoms with E-state index in [0.29, 0.717) is 0 Å². The van der Waals surface area contributed by atoms with Crippen LogP contribution in [0.4, 0.5) is 26.3 Å². The van der Waals surface area contributed by atoms with Gasteiger partial charge in [-0.25, -0.2) is 26.3 Å². The lowest BCUT2D eigenvalue weighted by molar-refractivity contribution is 0.490. The molecule has 2 aliphatic carbocycles. The maximum atomic E-state index is 12.7. The van der Waals surface area contributed by atoms with Crippen LogP contribution in [-0.4, -0.2) is 0 Å². The van der Waals surface area contributed by atoms with Gasteiger partial charge >= 0.3 is 0 Å². The molecule has 0 heterocycles. The molecule has 0 aromatic heterocycles. The van der Waals surface area contributed by atoms with Crippen LogP contribution in [0.25, 0.3) is 0 Å². The van der Waals surface area contributed by atoms with E-state index in [0.717, 1.165) is 0 Å². The molecule has 0 unspecified atom stereocenters. The van der Waals surface area contributed by atoms with Gasteiger partial charge in [0.05, 0.1) is 11.1 Å². The van der Waals surface area contributed by atoms with Crippen molar-refractivity contribution < 1.29 is 26.3 Å². The van der Waals surface area contributed by atoms with Crippen LogP contribution in [-0.2, 0) is 0 Å². The Morgan fingerprint density at radius 1 is 0.357 bits per heavy atom. The summed E-state index contributed by atoms with van der Waals surface area (Å²) < 4.78 is 75.7. The van der Waals surface area contributed by atoms with E-state index in [1.165, 1.54) is 0 Å². The van der Waals surface area contributed by atoms with Crippen molar-refractivity contribution in [1.29, 1.82) is 0 Å². The third-order valence-electron chi connectivity index (χ3n) is 1.90. The Morgan fingerprint density at radius 3 is 0.929 bits per heavy atom. The monoisotopic (exact) mass is 210 g/mol. The molecule has 0 N–H and O–H groups in total. The first-order valence-electron chi connectivity index (χ1n) is 3.38. The van der Waals surface area contributed by atoms with Gasteiger partial charge in [0.15, 0.2) is 35.0 Å². The molecular formula is C8F6. The molecule has 0 aromatic rings. The number of fused-ring (bicyclic) bond motifs is 1. The summed E-state index contributed by atoms with van der Waals surface area (Å²) in [5, 5.41) is 0. The summed E-state index contributed by atoms with van der Waals surface area (Å²) in [5.41, 5.74) is -2.65. The van der Waals surface area contributed by atoms with Crippen molar-refractivity contribution in [3.63, 3.8) is 0 Å². The summed E-state index contributed by atoms with van der Waals surface area (Å²) >= 11 is 0. The molecule has 0 nitrogen and oxygen atoms in total. The summed E-state index contributed by atoms with van der Waals surface area (Å²) in [5.74, 6) is -11.7. The average Bonchev–Trinajstić information content (AvgIpc) is 2.51. The Kier molecular flexibility index (Phi) is 1.64. The van der Waals surface area contributed by atoms with Gasteiger partial charge in [0.2, 0.25) is 0 Å². The van der Waals surface area contributed by atoms with Gasteiger partial charge < -0.3 is 0 Å². The Labute approximate surface area is 73.5 Å². The van der Waals surface area contributed by atoms with E-state index in [-0.39, 0.29) is 0 Å². The predicted molar refractivity (Wildman–Crippen MR) is 34.8 cm³/mol. The molecule has 0 aromatic carbocycles. The molecule has 0 saturated carbocycles. The van der Waals surface area contributed by atoms with E-state index >= 15 is 0 Å². The van der Waals surface area contributed by atoms with Crippen molar-refractivity contribution in [2.24, 2.45) is 0 Å². The van der Waals surface area contributed by atoms with Gasteiger partial charge in [-0.2, -0.15) is 0 Å².